The van der Waals surface area contributed by atoms with Crippen molar-refractivity contribution in [1.29, 1.82) is 0 Å². The lowest BCUT2D eigenvalue weighted by Gasteiger charge is -2.33. The highest BCUT2D eigenvalue weighted by Gasteiger charge is 2.50. The van der Waals surface area contributed by atoms with E-state index in [0.29, 0.717) is 12.3 Å². The molecule has 1 fully saturated rings. The first-order valence-electron chi connectivity index (χ1n) is 9.19. The van der Waals surface area contributed by atoms with E-state index in [1.807, 2.05) is 38.1 Å². The van der Waals surface area contributed by atoms with Crippen LogP contribution in [-0.2, 0) is 16.0 Å². The van der Waals surface area contributed by atoms with Gasteiger partial charge in [0.05, 0.1) is 18.0 Å². The van der Waals surface area contributed by atoms with Crippen molar-refractivity contribution in [3.63, 3.8) is 0 Å². The van der Waals surface area contributed by atoms with Gasteiger partial charge in [0.25, 0.3) is 0 Å². The number of thioether (sulfide) groups is 1. The van der Waals surface area contributed by atoms with Gasteiger partial charge in [-0.3, -0.25) is 9.69 Å². The molecule has 1 heterocycles. The Morgan fingerprint density at radius 2 is 1.96 bits per heavy atom. The Morgan fingerprint density at radius 3 is 2.63 bits per heavy atom. The molecule has 0 bridgehead atoms. The smallest absolute Gasteiger partial charge is 0.411 e. The molecule has 2 amide bonds. The molecule has 1 aromatic carbocycles. The molecule has 0 spiro atoms. The normalized spacial score (nSPS) is 26.6. The van der Waals surface area contributed by atoms with Gasteiger partial charge in [0.1, 0.15) is 11.6 Å². The van der Waals surface area contributed by atoms with Gasteiger partial charge in [-0.2, -0.15) is 0 Å². The van der Waals surface area contributed by atoms with Crippen LogP contribution < -0.4 is 5.32 Å². The summed E-state index contributed by atoms with van der Waals surface area (Å²) >= 11 is 1.54. The number of nitrogens with zero attached hydrogens (tertiary/aromatic N) is 1. The number of carbonyl (C=O) groups is 2. The first kappa shape index (κ1) is 20.0. The van der Waals surface area contributed by atoms with E-state index in [9.17, 15) is 14.7 Å². The van der Waals surface area contributed by atoms with Crippen LogP contribution >= 0.6 is 11.8 Å². The SMILES string of the molecule is CC(C)(C)OC(=O)N1CSC(C)(C)[C@H]1C(=O)N[C@@H]1c2ccccc2C[C@@H]1O. The lowest BCUT2D eigenvalue weighted by atomic mass is 10.00. The fourth-order valence-corrected chi connectivity index (χ4v) is 4.80. The van der Waals surface area contributed by atoms with Crippen LogP contribution in [0.15, 0.2) is 24.3 Å². The molecule has 1 saturated heterocycles. The summed E-state index contributed by atoms with van der Waals surface area (Å²) in [5.74, 6) is 0.126. The predicted molar refractivity (Wildman–Crippen MR) is 105 cm³/mol. The lowest BCUT2D eigenvalue weighted by Crippen LogP contribution is -2.55. The lowest BCUT2D eigenvalue weighted by molar-refractivity contribution is -0.128. The first-order chi connectivity index (χ1) is 12.5. The Labute approximate surface area is 164 Å². The molecule has 0 radical (unpaired) electrons. The number of amides is 2. The standard InChI is InChI=1S/C20H28N2O4S/c1-19(2,3)26-18(25)22-11-27-20(4,5)16(22)17(24)21-15-13-9-7-6-8-12(13)10-14(15)23/h6-9,14-16,23H,10-11H2,1-5H3,(H,21,24)/t14-,15+,16+/m0/s1. The fraction of sp³-hybridized carbons (Fsp3) is 0.600. The number of fused-ring (bicyclic) bond motifs is 1. The molecule has 1 aliphatic heterocycles. The summed E-state index contributed by atoms with van der Waals surface area (Å²) in [6, 6.07) is 6.59. The van der Waals surface area contributed by atoms with Gasteiger partial charge >= 0.3 is 6.09 Å². The van der Waals surface area contributed by atoms with Crippen LogP contribution in [0.3, 0.4) is 0 Å². The number of aliphatic hydroxyl groups excluding tert-OH is 1. The molecule has 2 N–H and O–H groups in total. The zero-order valence-corrected chi connectivity index (χ0v) is 17.3. The van der Waals surface area contributed by atoms with E-state index in [1.54, 1.807) is 32.5 Å². The molecule has 7 heteroatoms. The van der Waals surface area contributed by atoms with Crippen LogP contribution in [0, 0.1) is 0 Å². The molecular weight excluding hydrogens is 364 g/mol. The van der Waals surface area contributed by atoms with Crippen LogP contribution in [0.25, 0.3) is 0 Å². The summed E-state index contributed by atoms with van der Waals surface area (Å²) in [5, 5.41) is 13.4. The Balaban J connectivity index is 1.80. The second-order valence-corrected chi connectivity index (χ2v) is 10.3. The minimum absolute atomic E-state index is 0.267. The van der Waals surface area contributed by atoms with Crippen LogP contribution in [-0.4, -0.2) is 50.4 Å². The highest BCUT2D eigenvalue weighted by atomic mass is 32.2. The average molecular weight is 393 g/mol. The third-order valence-corrected chi connectivity index (χ3v) is 6.30. The average Bonchev–Trinajstić information content (AvgIpc) is 3.02. The highest BCUT2D eigenvalue weighted by molar-refractivity contribution is 8.00. The van der Waals surface area contributed by atoms with Crippen molar-refractivity contribution >= 4 is 23.8 Å². The van der Waals surface area contributed by atoms with Gasteiger partial charge in [-0.15, -0.1) is 11.8 Å². The van der Waals surface area contributed by atoms with E-state index in [0.717, 1.165) is 11.1 Å². The maximum atomic E-state index is 13.2. The summed E-state index contributed by atoms with van der Waals surface area (Å²) < 4.78 is 5.03. The van der Waals surface area contributed by atoms with Crippen molar-refractivity contribution < 1.29 is 19.4 Å². The minimum Gasteiger partial charge on any atom is -0.444 e. The van der Waals surface area contributed by atoms with Crippen molar-refractivity contribution in [3.05, 3.63) is 35.4 Å². The third-order valence-electron chi connectivity index (χ3n) is 4.92. The molecule has 3 rings (SSSR count). The molecule has 148 valence electrons. The van der Waals surface area contributed by atoms with Crippen LogP contribution in [0.4, 0.5) is 4.79 Å². The quantitative estimate of drug-likeness (QED) is 0.809. The Morgan fingerprint density at radius 1 is 1.30 bits per heavy atom. The van der Waals surface area contributed by atoms with E-state index >= 15 is 0 Å². The third kappa shape index (κ3) is 4.09. The van der Waals surface area contributed by atoms with Gasteiger partial charge < -0.3 is 15.2 Å². The van der Waals surface area contributed by atoms with E-state index < -0.39 is 34.6 Å². The largest absolute Gasteiger partial charge is 0.444 e. The van der Waals surface area contributed by atoms with Gasteiger partial charge in [-0.1, -0.05) is 24.3 Å². The molecule has 6 nitrogen and oxygen atoms in total. The maximum Gasteiger partial charge on any atom is 0.411 e. The van der Waals surface area contributed by atoms with Crippen LogP contribution in [0.2, 0.25) is 0 Å². The predicted octanol–water partition coefficient (Wildman–Crippen LogP) is 2.85. The van der Waals surface area contributed by atoms with Gasteiger partial charge in [-0.25, -0.2) is 4.79 Å². The number of benzene rings is 1. The number of nitrogens with one attached hydrogen (secondary N) is 1. The molecule has 27 heavy (non-hydrogen) atoms. The summed E-state index contributed by atoms with van der Waals surface area (Å²) in [6.45, 7) is 9.32. The van der Waals surface area contributed by atoms with Crippen molar-refractivity contribution in [3.8, 4) is 0 Å². The second kappa shape index (κ2) is 7.02. The summed E-state index contributed by atoms with van der Waals surface area (Å²) in [6.07, 6.45) is -0.647. The summed E-state index contributed by atoms with van der Waals surface area (Å²) in [4.78, 5) is 27.3. The molecule has 0 unspecified atom stereocenters. The zero-order valence-electron chi connectivity index (χ0n) is 16.5. The van der Waals surface area contributed by atoms with Crippen molar-refractivity contribution in [1.82, 2.24) is 10.2 Å². The van der Waals surface area contributed by atoms with Gasteiger partial charge in [0.2, 0.25) is 5.91 Å². The Hall–Kier alpha value is -1.73. The van der Waals surface area contributed by atoms with E-state index in [-0.39, 0.29) is 5.91 Å². The fourth-order valence-electron chi connectivity index (χ4n) is 3.68. The van der Waals surface area contributed by atoms with E-state index in [2.05, 4.69) is 5.32 Å². The molecule has 1 aromatic rings. The number of carbonyl (C=O) groups excluding carboxylic acids is 2. The number of ether oxygens (including phenoxy) is 1. The van der Waals surface area contributed by atoms with Gasteiger partial charge in [0.15, 0.2) is 0 Å². The van der Waals surface area contributed by atoms with E-state index in [1.165, 1.54) is 4.90 Å². The maximum absolute atomic E-state index is 13.2. The molecule has 2 aliphatic rings. The number of hydrogen-bond donors (Lipinski definition) is 2. The molecular formula is C20H28N2O4S. The highest BCUT2D eigenvalue weighted by Crippen LogP contribution is 2.41. The number of hydrogen-bond acceptors (Lipinski definition) is 5. The van der Waals surface area contributed by atoms with Crippen molar-refractivity contribution in [2.75, 3.05) is 5.88 Å². The topological polar surface area (TPSA) is 78.9 Å². The Bertz CT molecular complexity index is 744. The van der Waals surface area contributed by atoms with Crippen molar-refractivity contribution in [2.24, 2.45) is 0 Å². The minimum atomic E-state index is -0.669. The molecule has 3 atom stereocenters. The number of aliphatic hydroxyl groups is 1. The molecule has 0 aromatic heterocycles. The van der Waals surface area contributed by atoms with Crippen LogP contribution in [0.5, 0.6) is 0 Å². The van der Waals surface area contributed by atoms with Crippen molar-refractivity contribution in [2.45, 2.75) is 69.6 Å². The monoisotopic (exact) mass is 392 g/mol. The first-order valence-corrected chi connectivity index (χ1v) is 10.2. The van der Waals surface area contributed by atoms with Gasteiger partial charge in [-0.05, 0) is 45.7 Å². The zero-order chi connectivity index (χ0) is 20.0. The Kier molecular flexibility index (Phi) is 5.20. The van der Waals surface area contributed by atoms with Gasteiger partial charge in [0, 0.05) is 11.2 Å². The van der Waals surface area contributed by atoms with Crippen LogP contribution in [0.1, 0.15) is 51.8 Å². The molecule has 0 saturated carbocycles. The van der Waals surface area contributed by atoms with E-state index in [4.69, 9.17) is 4.74 Å². The summed E-state index contributed by atoms with van der Waals surface area (Å²) in [7, 11) is 0. The number of rotatable bonds is 2. The summed E-state index contributed by atoms with van der Waals surface area (Å²) in [5.41, 5.74) is 1.35. The molecule has 1 aliphatic carbocycles. The second-order valence-electron chi connectivity index (χ2n) is 8.69.